The van der Waals surface area contributed by atoms with Gasteiger partial charge in [0.2, 0.25) is 5.91 Å². The Morgan fingerprint density at radius 3 is 2.57 bits per heavy atom. The van der Waals surface area contributed by atoms with E-state index < -0.39 is 0 Å². The number of hydrogen-bond acceptors (Lipinski definition) is 2. The van der Waals surface area contributed by atoms with Crippen LogP contribution in [0.1, 0.15) is 33.6 Å². The zero-order chi connectivity index (χ0) is 11.0. The molecule has 0 saturated carbocycles. The van der Waals surface area contributed by atoms with Crippen LogP contribution < -0.4 is 10.6 Å². The second kappa shape index (κ2) is 7.56. The van der Waals surface area contributed by atoms with E-state index in [1.807, 2.05) is 13.8 Å². The van der Waals surface area contributed by atoms with Crippen molar-refractivity contribution in [1.29, 1.82) is 0 Å². The Kier molecular flexibility index (Phi) is 7.11. The molecule has 0 aliphatic carbocycles. The number of carbonyl (C=O) groups excluding carboxylic acids is 1. The summed E-state index contributed by atoms with van der Waals surface area (Å²) < 4.78 is 0. The molecule has 3 heteroatoms. The summed E-state index contributed by atoms with van der Waals surface area (Å²) in [6.07, 6.45) is 1.53. The van der Waals surface area contributed by atoms with E-state index in [0.717, 1.165) is 19.5 Å². The van der Waals surface area contributed by atoms with Crippen LogP contribution in [0.15, 0.2) is 12.2 Å². The van der Waals surface area contributed by atoms with Gasteiger partial charge in [-0.3, -0.25) is 4.79 Å². The van der Waals surface area contributed by atoms with Crippen molar-refractivity contribution in [2.75, 3.05) is 13.1 Å². The van der Waals surface area contributed by atoms with Crippen molar-refractivity contribution in [3.05, 3.63) is 12.2 Å². The molecule has 0 saturated heterocycles. The molecular formula is C11H22N2O. The highest BCUT2D eigenvalue weighted by Gasteiger charge is 2.01. The van der Waals surface area contributed by atoms with Crippen LogP contribution in [0.2, 0.25) is 0 Å². The van der Waals surface area contributed by atoms with Gasteiger partial charge < -0.3 is 10.6 Å². The smallest absolute Gasteiger partial charge is 0.221 e. The second-order valence-corrected chi connectivity index (χ2v) is 3.75. The lowest BCUT2D eigenvalue weighted by Crippen LogP contribution is -2.32. The Morgan fingerprint density at radius 1 is 1.43 bits per heavy atom. The van der Waals surface area contributed by atoms with Crippen molar-refractivity contribution in [3.8, 4) is 0 Å². The maximum absolute atomic E-state index is 11.2. The number of amides is 1. The Balaban J connectivity index is 3.36. The highest BCUT2D eigenvalue weighted by atomic mass is 16.1. The van der Waals surface area contributed by atoms with E-state index in [1.54, 1.807) is 0 Å². The van der Waals surface area contributed by atoms with Crippen LogP contribution in [0.5, 0.6) is 0 Å². The van der Waals surface area contributed by atoms with Crippen molar-refractivity contribution in [1.82, 2.24) is 10.6 Å². The first-order chi connectivity index (χ1) is 6.56. The average molecular weight is 198 g/mol. The lowest BCUT2D eigenvalue weighted by atomic mass is 10.2. The molecule has 0 aliphatic rings. The van der Waals surface area contributed by atoms with Crippen molar-refractivity contribution in [3.63, 3.8) is 0 Å². The molecule has 82 valence electrons. The van der Waals surface area contributed by atoms with E-state index in [2.05, 4.69) is 24.1 Å². The molecule has 0 atom stereocenters. The van der Waals surface area contributed by atoms with Gasteiger partial charge in [-0.1, -0.05) is 19.1 Å². The number of hydrogen-bond donors (Lipinski definition) is 2. The van der Waals surface area contributed by atoms with Crippen molar-refractivity contribution >= 4 is 5.91 Å². The lowest BCUT2D eigenvalue weighted by molar-refractivity contribution is -0.121. The normalized spacial score (nSPS) is 10.3. The zero-order valence-electron chi connectivity index (χ0n) is 9.52. The van der Waals surface area contributed by atoms with Crippen LogP contribution >= 0.6 is 0 Å². The standard InChI is InChI=1S/C11H22N2O/c1-5-10(4)8-12-7-6-11(14)13-9(2)3/h9,12H,4-8H2,1-3H3,(H,13,14). The fourth-order valence-corrected chi connectivity index (χ4v) is 0.986. The van der Waals surface area contributed by atoms with E-state index in [4.69, 9.17) is 0 Å². The van der Waals surface area contributed by atoms with Gasteiger partial charge in [-0.2, -0.15) is 0 Å². The highest BCUT2D eigenvalue weighted by Crippen LogP contribution is 1.92. The summed E-state index contributed by atoms with van der Waals surface area (Å²) in [5.74, 6) is 0.106. The molecule has 3 nitrogen and oxygen atoms in total. The molecule has 2 N–H and O–H groups in total. The SMILES string of the molecule is C=C(CC)CNCCC(=O)NC(C)C. The Labute approximate surface area is 87.0 Å². The topological polar surface area (TPSA) is 41.1 Å². The van der Waals surface area contributed by atoms with Gasteiger partial charge in [0.15, 0.2) is 0 Å². The molecular weight excluding hydrogens is 176 g/mol. The second-order valence-electron chi connectivity index (χ2n) is 3.75. The van der Waals surface area contributed by atoms with Crippen LogP contribution in [0, 0.1) is 0 Å². The van der Waals surface area contributed by atoms with Gasteiger partial charge >= 0.3 is 0 Å². The minimum absolute atomic E-state index is 0.106. The Hall–Kier alpha value is -0.830. The first-order valence-corrected chi connectivity index (χ1v) is 5.23. The predicted molar refractivity (Wildman–Crippen MR) is 60.2 cm³/mol. The fraction of sp³-hybridized carbons (Fsp3) is 0.727. The maximum Gasteiger partial charge on any atom is 0.221 e. The summed E-state index contributed by atoms with van der Waals surface area (Å²) in [4.78, 5) is 11.2. The molecule has 0 rings (SSSR count). The van der Waals surface area contributed by atoms with Gasteiger partial charge in [0, 0.05) is 25.6 Å². The molecule has 0 fully saturated rings. The van der Waals surface area contributed by atoms with Crippen molar-refractivity contribution < 1.29 is 4.79 Å². The molecule has 0 aromatic rings. The van der Waals surface area contributed by atoms with Crippen LogP contribution in [0.25, 0.3) is 0 Å². The van der Waals surface area contributed by atoms with Crippen LogP contribution in [0.3, 0.4) is 0 Å². The van der Waals surface area contributed by atoms with Crippen LogP contribution in [-0.2, 0) is 4.79 Å². The first-order valence-electron chi connectivity index (χ1n) is 5.23. The summed E-state index contributed by atoms with van der Waals surface area (Å²) in [6, 6.07) is 0.230. The minimum Gasteiger partial charge on any atom is -0.354 e. The largest absolute Gasteiger partial charge is 0.354 e. The quantitative estimate of drug-likeness (QED) is 0.480. The minimum atomic E-state index is 0.106. The Morgan fingerprint density at radius 2 is 2.07 bits per heavy atom. The van der Waals surface area contributed by atoms with Gasteiger partial charge in [-0.15, -0.1) is 0 Å². The summed E-state index contributed by atoms with van der Waals surface area (Å²) >= 11 is 0. The van der Waals surface area contributed by atoms with E-state index in [-0.39, 0.29) is 11.9 Å². The summed E-state index contributed by atoms with van der Waals surface area (Å²) in [7, 11) is 0. The van der Waals surface area contributed by atoms with Crippen molar-refractivity contribution in [2.24, 2.45) is 0 Å². The third-order valence-electron chi connectivity index (χ3n) is 1.85. The molecule has 0 spiro atoms. The van der Waals surface area contributed by atoms with Crippen molar-refractivity contribution in [2.45, 2.75) is 39.7 Å². The average Bonchev–Trinajstić information content (AvgIpc) is 2.10. The van der Waals surface area contributed by atoms with Gasteiger partial charge in [-0.05, 0) is 20.3 Å². The lowest BCUT2D eigenvalue weighted by Gasteiger charge is -2.09. The molecule has 0 aromatic heterocycles. The van der Waals surface area contributed by atoms with E-state index in [9.17, 15) is 4.79 Å². The summed E-state index contributed by atoms with van der Waals surface area (Å²) in [5, 5.41) is 6.02. The molecule has 1 amide bonds. The third-order valence-corrected chi connectivity index (χ3v) is 1.85. The maximum atomic E-state index is 11.2. The molecule has 0 bridgehead atoms. The molecule has 0 radical (unpaired) electrons. The Bertz CT molecular complexity index is 188. The van der Waals surface area contributed by atoms with Gasteiger partial charge in [0.25, 0.3) is 0 Å². The predicted octanol–water partition coefficient (Wildman–Crippen LogP) is 1.46. The number of rotatable bonds is 7. The summed E-state index contributed by atoms with van der Waals surface area (Å²) in [5.41, 5.74) is 1.18. The first kappa shape index (κ1) is 13.2. The molecule has 0 aromatic carbocycles. The molecule has 0 heterocycles. The van der Waals surface area contributed by atoms with Gasteiger partial charge in [-0.25, -0.2) is 0 Å². The molecule has 0 unspecified atom stereocenters. The third kappa shape index (κ3) is 7.80. The summed E-state index contributed by atoms with van der Waals surface area (Å²) in [6.45, 7) is 11.4. The molecule has 0 aliphatic heterocycles. The van der Waals surface area contributed by atoms with E-state index in [0.29, 0.717) is 6.42 Å². The highest BCUT2D eigenvalue weighted by molar-refractivity contribution is 5.76. The van der Waals surface area contributed by atoms with Gasteiger partial charge in [0.1, 0.15) is 0 Å². The van der Waals surface area contributed by atoms with Gasteiger partial charge in [0.05, 0.1) is 0 Å². The zero-order valence-corrected chi connectivity index (χ0v) is 9.52. The van der Waals surface area contributed by atoms with Crippen LogP contribution in [-0.4, -0.2) is 25.0 Å². The fourth-order valence-electron chi connectivity index (χ4n) is 0.986. The van der Waals surface area contributed by atoms with E-state index >= 15 is 0 Å². The van der Waals surface area contributed by atoms with E-state index in [1.165, 1.54) is 5.57 Å². The van der Waals surface area contributed by atoms with Crippen LogP contribution in [0.4, 0.5) is 0 Å². The number of nitrogens with one attached hydrogen (secondary N) is 2. The molecule has 14 heavy (non-hydrogen) atoms. The monoisotopic (exact) mass is 198 g/mol. The number of carbonyl (C=O) groups is 1.